The van der Waals surface area contributed by atoms with Crippen molar-refractivity contribution in [3.8, 4) is 11.4 Å². The third kappa shape index (κ3) is 4.19. The molecule has 5 rings (SSSR count). The van der Waals surface area contributed by atoms with Crippen LogP contribution in [-0.4, -0.2) is 58.2 Å². The first-order valence-electron chi connectivity index (χ1n) is 10.8. The van der Waals surface area contributed by atoms with Gasteiger partial charge in [0, 0.05) is 55.6 Å². The number of non-ortho nitro benzene ring substituents is 1. The first-order valence-corrected chi connectivity index (χ1v) is 10.8. The molecule has 0 spiro atoms. The Balaban J connectivity index is 1.37. The van der Waals surface area contributed by atoms with Crippen LogP contribution in [0.2, 0.25) is 0 Å². The van der Waals surface area contributed by atoms with E-state index in [1.807, 2.05) is 19.1 Å². The highest BCUT2D eigenvalue weighted by molar-refractivity contribution is 5.60. The van der Waals surface area contributed by atoms with Crippen LogP contribution in [0.25, 0.3) is 11.4 Å². The maximum atomic E-state index is 10.9. The number of rotatable bonds is 5. The third-order valence-electron chi connectivity index (χ3n) is 6.15. The lowest BCUT2D eigenvalue weighted by Gasteiger charge is -2.36. The van der Waals surface area contributed by atoms with E-state index in [4.69, 9.17) is 9.72 Å². The molecular formula is C24H25N5O3. The lowest BCUT2D eigenvalue weighted by atomic mass is 10.1. The van der Waals surface area contributed by atoms with Gasteiger partial charge in [-0.3, -0.25) is 15.0 Å². The van der Waals surface area contributed by atoms with Crippen molar-refractivity contribution in [2.24, 2.45) is 0 Å². The van der Waals surface area contributed by atoms with Gasteiger partial charge in [-0.15, -0.1) is 0 Å². The Morgan fingerprint density at radius 3 is 2.62 bits per heavy atom. The quantitative estimate of drug-likeness (QED) is 0.452. The van der Waals surface area contributed by atoms with Gasteiger partial charge in [0.05, 0.1) is 23.7 Å². The van der Waals surface area contributed by atoms with Gasteiger partial charge in [-0.25, -0.2) is 9.97 Å². The highest BCUT2D eigenvalue weighted by Crippen LogP contribution is 2.29. The van der Waals surface area contributed by atoms with Gasteiger partial charge in [-0.05, 0) is 24.6 Å². The molecule has 2 aromatic carbocycles. The van der Waals surface area contributed by atoms with Gasteiger partial charge >= 0.3 is 0 Å². The molecule has 2 unspecified atom stereocenters. The fraction of sp³-hybridized carbons (Fsp3) is 0.333. The molecule has 2 saturated heterocycles. The SMILES string of the molecule is Cc1cc(N2CC3OCCN(Cc4ccccc4)C3C2)nc(-c2ccc([N+](=O)[O-])cc2)n1. The van der Waals surface area contributed by atoms with Crippen molar-refractivity contribution in [2.75, 3.05) is 31.1 Å². The lowest BCUT2D eigenvalue weighted by Crippen LogP contribution is -2.50. The minimum atomic E-state index is -0.403. The van der Waals surface area contributed by atoms with E-state index in [1.165, 1.54) is 17.7 Å². The minimum absolute atomic E-state index is 0.0564. The summed E-state index contributed by atoms with van der Waals surface area (Å²) >= 11 is 0. The zero-order valence-corrected chi connectivity index (χ0v) is 17.9. The summed E-state index contributed by atoms with van der Waals surface area (Å²) in [5.41, 5.74) is 2.99. The molecule has 2 aliphatic heterocycles. The predicted octanol–water partition coefficient (Wildman–Crippen LogP) is 3.45. The zero-order valence-electron chi connectivity index (χ0n) is 17.9. The lowest BCUT2D eigenvalue weighted by molar-refractivity contribution is -0.384. The average molecular weight is 431 g/mol. The Morgan fingerprint density at radius 2 is 1.88 bits per heavy atom. The summed E-state index contributed by atoms with van der Waals surface area (Å²) in [6.45, 7) is 6.14. The Kier molecular flexibility index (Phi) is 5.55. The summed E-state index contributed by atoms with van der Waals surface area (Å²) < 4.78 is 6.11. The minimum Gasteiger partial charge on any atom is -0.373 e. The first-order chi connectivity index (χ1) is 15.6. The van der Waals surface area contributed by atoms with Crippen LogP contribution in [0.1, 0.15) is 11.3 Å². The second-order valence-corrected chi connectivity index (χ2v) is 8.33. The summed E-state index contributed by atoms with van der Waals surface area (Å²) in [6.07, 6.45) is 0.144. The smallest absolute Gasteiger partial charge is 0.269 e. The second kappa shape index (κ2) is 8.64. The molecule has 3 aromatic rings. The van der Waals surface area contributed by atoms with Crippen LogP contribution in [0.15, 0.2) is 60.7 Å². The number of hydrogen-bond donors (Lipinski definition) is 0. The summed E-state index contributed by atoms with van der Waals surface area (Å²) in [4.78, 5) is 24.7. The fourth-order valence-electron chi connectivity index (χ4n) is 4.53. The normalized spacial score (nSPS) is 20.8. The monoisotopic (exact) mass is 431 g/mol. The summed E-state index contributed by atoms with van der Waals surface area (Å²) in [6, 6.07) is 19.2. The molecule has 0 saturated carbocycles. The molecule has 32 heavy (non-hydrogen) atoms. The number of nitrogens with zero attached hydrogens (tertiary/aromatic N) is 5. The van der Waals surface area contributed by atoms with Crippen LogP contribution in [0.3, 0.4) is 0 Å². The summed E-state index contributed by atoms with van der Waals surface area (Å²) in [5.74, 6) is 1.44. The van der Waals surface area contributed by atoms with Crippen molar-refractivity contribution < 1.29 is 9.66 Å². The fourth-order valence-corrected chi connectivity index (χ4v) is 4.53. The van der Waals surface area contributed by atoms with Gasteiger partial charge in [-0.2, -0.15) is 0 Å². The molecule has 8 nitrogen and oxygen atoms in total. The Hall–Kier alpha value is -3.36. The number of benzene rings is 2. The third-order valence-corrected chi connectivity index (χ3v) is 6.15. The average Bonchev–Trinajstić information content (AvgIpc) is 3.25. The highest BCUT2D eigenvalue weighted by Gasteiger charge is 2.40. The molecular weight excluding hydrogens is 406 g/mol. The van der Waals surface area contributed by atoms with Gasteiger partial charge in [0.2, 0.25) is 0 Å². The molecule has 1 aromatic heterocycles. The van der Waals surface area contributed by atoms with E-state index in [0.717, 1.165) is 49.9 Å². The number of morpholine rings is 1. The van der Waals surface area contributed by atoms with Gasteiger partial charge in [0.1, 0.15) is 5.82 Å². The van der Waals surface area contributed by atoms with Gasteiger partial charge in [-0.1, -0.05) is 30.3 Å². The molecule has 2 aliphatic rings. The predicted molar refractivity (Wildman–Crippen MR) is 121 cm³/mol. The topological polar surface area (TPSA) is 84.6 Å². The molecule has 2 fully saturated rings. The van der Waals surface area contributed by atoms with E-state index in [-0.39, 0.29) is 11.8 Å². The molecule has 0 N–H and O–H groups in total. The van der Waals surface area contributed by atoms with Crippen LogP contribution >= 0.6 is 0 Å². The van der Waals surface area contributed by atoms with Gasteiger partial charge in [0.25, 0.3) is 5.69 Å². The van der Waals surface area contributed by atoms with Crippen molar-refractivity contribution in [2.45, 2.75) is 25.6 Å². The standard InChI is InChI=1S/C24H25N5O3/c1-17-13-23(26-24(25-17)19-7-9-20(10-8-19)29(30)31)28-15-21-22(16-28)32-12-11-27(21)14-18-5-3-2-4-6-18/h2-10,13,21-22H,11-12,14-16H2,1H3. The van der Waals surface area contributed by atoms with Crippen molar-refractivity contribution >= 4 is 11.5 Å². The Bertz CT molecular complexity index is 1110. The molecule has 0 aliphatic carbocycles. The Morgan fingerprint density at radius 1 is 1.09 bits per heavy atom. The van der Waals surface area contributed by atoms with Crippen molar-refractivity contribution in [3.05, 3.63) is 82.0 Å². The van der Waals surface area contributed by atoms with Crippen molar-refractivity contribution in [3.63, 3.8) is 0 Å². The largest absolute Gasteiger partial charge is 0.373 e. The zero-order chi connectivity index (χ0) is 22.1. The van der Waals surface area contributed by atoms with Crippen LogP contribution in [-0.2, 0) is 11.3 Å². The van der Waals surface area contributed by atoms with E-state index in [1.54, 1.807) is 12.1 Å². The molecule has 3 heterocycles. The van der Waals surface area contributed by atoms with Crippen LogP contribution in [0.4, 0.5) is 11.5 Å². The van der Waals surface area contributed by atoms with E-state index in [2.05, 4.69) is 39.0 Å². The molecule has 0 bridgehead atoms. The van der Waals surface area contributed by atoms with Crippen LogP contribution < -0.4 is 4.90 Å². The second-order valence-electron chi connectivity index (χ2n) is 8.33. The number of nitro groups is 1. The summed E-state index contributed by atoms with van der Waals surface area (Å²) in [5, 5.41) is 10.9. The number of aromatic nitrogens is 2. The van der Waals surface area contributed by atoms with Crippen molar-refractivity contribution in [1.29, 1.82) is 0 Å². The van der Waals surface area contributed by atoms with Gasteiger partial charge < -0.3 is 9.64 Å². The number of nitro benzene ring substituents is 1. The first kappa shape index (κ1) is 20.5. The molecule has 2 atom stereocenters. The molecule has 8 heteroatoms. The van der Waals surface area contributed by atoms with Crippen LogP contribution in [0.5, 0.6) is 0 Å². The number of fused-ring (bicyclic) bond motifs is 1. The van der Waals surface area contributed by atoms with Gasteiger partial charge in [0.15, 0.2) is 5.82 Å². The molecule has 0 amide bonds. The van der Waals surface area contributed by atoms with Crippen molar-refractivity contribution in [1.82, 2.24) is 14.9 Å². The number of hydrogen-bond acceptors (Lipinski definition) is 7. The number of aryl methyl sites for hydroxylation is 1. The summed E-state index contributed by atoms with van der Waals surface area (Å²) in [7, 11) is 0. The maximum Gasteiger partial charge on any atom is 0.269 e. The van der Waals surface area contributed by atoms with E-state index in [9.17, 15) is 10.1 Å². The number of anilines is 1. The Labute approximate surface area is 186 Å². The molecule has 0 radical (unpaired) electrons. The van der Waals surface area contributed by atoms with E-state index < -0.39 is 4.92 Å². The van der Waals surface area contributed by atoms with Crippen LogP contribution in [0, 0.1) is 17.0 Å². The van der Waals surface area contributed by atoms with E-state index >= 15 is 0 Å². The maximum absolute atomic E-state index is 10.9. The highest BCUT2D eigenvalue weighted by atomic mass is 16.6. The molecule has 164 valence electrons. The van der Waals surface area contributed by atoms with E-state index in [0.29, 0.717) is 11.9 Å². The number of ether oxygens (including phenoxy) is 1.